The molecule has 0 aliphatic carbocycles. The highest BCUT2D eigenvalue weighted by atomic mass is 15.3. The molecule has 0 atom stereocenters. The van der Waals surface area contributed by atoms with Gasteiger partial charge in [0.15, 0.2) is 5.52 Å². The summed E-state index contributed by atoms with van der Waals surface area (Å²) >= 11 is 0. The van der Waals surface area contributed by atoms with Crippen molar-refractivity contribution in [1.29, 1.82) is 0 Å². The van der Waals surface area contributed by atoms with Crippen molar-refractivity contribution in [3.8, 4) is 17.1 Å². The lowest BCUT2D eigenvalue weighted by molar-refractivity contribution is -0.648. The summed E-state index contributed by atoms with van der Waals surface area (Å²) in [5.41, 5.74) is 5.30. The van der Waals surface area contributed by atoms with Crippen molar-refractivity contribution in [2.75, 3.05) is 0 Å². The molecule has 124 valence electrons. The number of hydrogen-bond donors (Lipinski definition) is 0. The maximum absolute atomic E-state index is 8.25. The Morgan fingerprint density at radius 2 is 1.85 bits per heavy atom. The van der Waals surface area contributed by atoms with Crippen LogP contribution in [0, 0.1) is 0 Å². The summed E-state index contributed by atoms with van der Waals surface area (Å²) in [4.78, 5) is 4.55. The van der Waals surface area contributed by atoms with Crippen LogP contribution in [0.15, 0.2) is 72.9 Å². The highest BCUT2D eigenvalue weighted by molar-refractivity contribution is 6.05. The number of para-hydroxylation sites is 2. The second-order valence-corrected chi connectivity index (χ2v) is 6.60. The number of aryl methyl sites for hydroxylation is 1. The minimum atomic E-state index is -2.30. The van der Waals surface area contributed by atoms with Crippen molar-refractivity contribution in [2.45, 2.75) is 6.54 Å². The minimum absolute atomic E-state index is 0.550. The third kappa shape index (κ3) is 1.59. The lowest BCUT2D eigenvalue weighted by Gasteiger charge is -2.04. The smallest absolute Gasteiger partial charge is 0.259 e. The van der Waals surface area contributed by atoms with Crippen LogP contribution in [-0.4, -0.2) is 14.1 Å². The molecule has 3 aromatic heterocycles. The number of hydrogen-bond acceptors (Lipinski definition) is 1. The van der Waals surface area contributed by atoms with E-state index in [1.165, 1.54) is 4.57 Å². The molecule has 26 heavy (non-hydrogen) atoms. The molecule has 0 amide bonds. The second-order valence-electron chi connectivity index (χ2n) is 6.60. The molecule has 4 heterocycles. The molecular formula is C22H17N4+. The topological polar surface area (TPSA) is 26.6 Å². The Morgan fingerprint density at radius 3 is 2.73 bits per heavy atom. The summed E-state index contributed by atoms with van der Waals surface area (Å²) in [5, 5.41) is 0.926. The summed E-state index contributed by atoms with van der Waals surface area (Å²) in [5.74, 6) is 0.966. The Morgan fingerprint density at radius 1 is 1.00 bits per heavy atom. The van der Waals surface area contributed by atoms with Crippen LogP contribution in [0.3, 0.4) is 0 Å². The van der Waals surface area contributed by atoms with Crippen molar-refractivity contribution < 1.29 is 8.68 Å². The van der Waals surface area contributed by atoms with E-state index in [9.17, 15) is 0 Å². The zero-order valence-corrected chi connectivity index (χ0v) is 13.9. The van der Waals surface area contributed by atoms with E-state index in [2.05, 4.69) is 32.3 Å². The van der Waals surface area contributed by atoms with E-state index in [4.69, 9.17) is 4.11 Å². The minimum Gasteiger partial charge on any atom is -0.259 e. The molecule has 4 nitrogen and oxygen atoms in total. The van der Waals surface area contributed by atoms with Gasteiger partial charge in [0.1, 0.15) is 17.7 Å². The summed E-state index contributed by atoms with van der Waals surface area (Å²) < 4.78 is 30.5. The Kier molecular flexibility index (Phi) is 2.09. The number of rotatable bonds is 1. The first kappa shape index (κ1) is 11.3. The lowest BCUT2D eigenvalue weighted by atomic mass is 10.2. The van der Waals surface area contributed by atoms with Crippen LogP contribution in [0.25, 0.3) is 39.1 Å². The molecule has 5 aromatic rings. The molecule has 0 bridgehead atoms. The molecule has 0 radical (unpaired) electrons. The van der Waals surface area contributed by atoms with Crippen LogP contribution >= 0.6 is 0 Å². The summed E-state index contributed by atoms with van der Waals surface area (Å²) in [6.07, 6.45) is 1.79. The van der Waals surface area contributed by atoms with Crippen molar-refractivity contribution in [1.82, 2.24) is 14.1 Å². The maximum Gasteiger partial charge on any atom is 0.270 e. The Bertz CT molecular complexity index is 1410. The highest BCUT2D eigenvalue weighted by Gasteiger charge is 2.36. The summed E-state index contributed by atoms with van der Waals surface area (Å²) in [6.45, 7) is -1.75. The maximum atomic E-state index is 8.25. The van der Waals surface area contributed by atoms with E-state index < -0.39 is 6.98 Å². The van der Waals surface area contributed by atoms with Gasteiger partial charge in [-0.25, -0.2) is 9.13 Å². The van der Waals surface area contributed by atoms with Crippen LogP contribution in [0.2, 0.25) is 0 Å². The molecular weight excluding hydrogens is 320 g/mol. The second kappa shape index (κ2) is 4.82. The van der Waals surface area contributed by atoms with E-state index in [-0.39, 0.29) is 0 Å². The van der Waals surface area contributed by atoms with Crippen molar-refractivity contribution >= 4 is 22.1 Å². The normalized spacial score (nSPS) is 14.8. The van der Waals surface area contributed by atoms with Crippen LogP contribution < -0.4 is 4.57 Å². The lowest BCUT2D eigenvalue weighted by Crippen LogP contribution is -2.33. The van der Waals surface area contributed by atoms with Gasteiger partial charge in [-0.1, -0.05) is 30.3 Å². The molecule has 0 fully saturated rings. The third-order valence-corrected chi connectivity index (χ3v) is 5.22. The molecule has 2 aromatic carbocycles. The molecule has 0 saturated heterocycles. The Hall–Kier alpha value is -3.40. The van der Waals surface area contributed by atoms with Gasteiger partial charge >= 0.3 is 0 Å². The average molecular weight is 340 g/mol. The van der Waals surface area contributed by atoms with E-state index >= 15 is 0 Å². The molecule has 0 unspecified atom stereocenters. The van der Waals surface area contributed by atoms with Crippen LogP contribution in [-0.2, 0) is 13.5 Å². The standard InChI is InChI=1S/C22H17N4/c1-24-19-12-6-5-10-17(19)20-22(24)25-14-18-16(11-7-13-23-18)21(25)26(20)15-8-3-2-4-9-15/h2-13H,14H2,1H3/q+1/i1D3. The molecule has 1 aliphatic heterocycles. The Labute approximate surface area is 154 Å². The first-order valence-corrected chi connectivity index (χ1v) is 8.63. The van der Waals surface area contributed by atoms with Gasteiger partial charge < -0.3 is 0 Å². The monoisotopic (exact) mass is 340 g/mol. The van der Waals surface area contributed by atoms with E-state index in [0.29, 0.717) is 17.7 Å². The van der Waals surface area contributed by atoms with E-state index in [1.807, 2.05) is 48.5 Å². The number of pyridine rings is 1. The fourth-order valence-corrected chi connectivity index (χ4v) is 4.17. The largest absolute Gasteiger partial charge is 0.270 e. The van der Waals surface area contributed by atoms with Crippen LogP contribution in [0.4, 0.5) is 0 Å². The van der Waals surface area contributed by atoms with Crippen LogP contribution in [0.1, 0.15) is 9.81 Å². The quantitative estimate of drug-likeness (QED) is 0.418. The van der Waals surface area contributed by atoms with Crippen molar-refractivity contribution in [3.63, 3.8) is 0 Å². The molecule has 0 N–H and O–H groups in total. The number of imidazole rings is 1. The van der Waals surface area contributed by atoms with Gasteiger partial charge in [0, 0.05) is 6.20 Å². The van der Waals surface area contributed by atoms with Gasteiger partial charge in [0.25, 0.3) is 5.65 Å². The first-order chi connectivity index (χ1) is 14.1. The van der Waals surface area contributed by atoms with Gasteiger partial charge in [0.05, 0.1) is 27.7 Å². The average Bonchev–Trinajstić information content (AvgIpc) is 3.34. The van der Waals surface area contributed by atoms with Gasteiger partial charge in [0.2, 0.25) is 5.82 Å². The zero-order chi connectivity index (χ0) is 19.8. The number of nitrogens with zero attached hydrogens (tertiary/aromatic N) is 4. The fraction of sp³-hybridized carbons (Fsp3) is 0.0909. The molecule has 4 heteroatoms. The molecule has 1 aliphatic rings. The fourth-order valence-electron chi connectivity index (χ4n) is 4.17. The highest BCUT2D eigenvalue weighted by Crippen LogP contribution is 2.37. The SMILES string of the molecule is [2H]C([2H])([2H])n1c2ccccc2c2c1[n+]1c(n2-c2ccccc2)-c2cccnc2C1. The van der Waals surface area contributed by atoms with Gasteiger partial charge in [-0.05, 0) is 36.4 Å². The molecule has 0 spiro atoms. The van der Waals surface area contributed by atoms with Gasteiger partial charge in [-0.3, -0.25) is 9.55 Å². The third-order valence-electron chi connectivity index (χ3n) is 5.22. The van der Waals surface area contributed by atoms with E-state index in [1.54, 1.807) is 6.20 Å². The number of benzene rings is 2. The molecule has 0 saturated carbocycles. The summed E-state index contributed by atoms with van der Waals surface area (Å²) in [6, 6.07) is 21.8. The van der Waals surface area contributed by atoms with Crippen LogP contribution in [0.5, 0.6) is 0 Å². The summed E-state index contributed by atoms with van der Waals surface area (Å²) in [7, 11) is 0. The predicted molar refractivity (Wildman–Crippen MR) is 102 cm³/mol. The number of fused-ring (bicyclic) bond motifs is 7. The van der Waals surface area contributed by atoms with Gasteiger partial charge in [-0.2, -0.15) is 0 Å². The van der Waals surface area contributed by atoms with Crippen molar-refractivity contribution in [3.05, 3.63) is 78.6 Å². The number of aromatic nitrogens is 4. The van der Waals surface area contributed by atoms with E-state index in [0.717, 1.165) is 33.7 Å². The zero-order valence-electron chi connectivity index (χ0n) is 16.9. The first-order valence-electron chi connectivity index (χ1n) is 10.1. The van der Waals surface area contributed by atoms with Crippen molar-refractivity contribution in [2.24, 2.45) is 6.98 Å². The van der Waals surface area contributed by atoms with Gasteiger partial charge in [-0.15, -0.1) is 0 Å². The predicted octanol–water partition coefficient (Wildman–Crippen LogP) is 3.83. The Balaban J connectivity index is 1.89. The molecule has 6 rings (SSSR count).